The lowest BCUT2D eigenvalue weighted by Crippen LogP contribution is -2.50. The van der Waals surface area contributed by atoms with Gasteiger partial charge in [0.15, 0.2) is 0 Å². The van der Waals surface area contributed by atoms with Crippen LogP contribution in [-0.4, -0.2) is 165 Å². The highest BCUT2D eigenvalue weighted by Gasteiger charge is 2.45. The van der Waals surface area contributed by atoms with Gasteiger partial charge in [-0.3, -0.25) is 34.9 Å². The second-order valence-corrected chi connectivity index (χ2v) is 49.8. The summed E-state index contributed by atoms with van der Waals surface area (Å²) >= 11 is 7.45. The molecule has 0 amide bonds. The second-order valence-electron chi connectivity index (χ2n) is 26.9. The quantitative estimate of drug-likeness (QED) is 0.166. The van der Waals surface area contributed by atoms with Crippen LogP contribution in [-0.2, 0) is 0 Å². The SMILES string of the molecule is COc1cnc2c(c1)[Si](C)(C)c1cccc([O][AlH])c1-2.C[Si]1(C)c2cc(-c3ccccc3)cnc2-c2c([O][AlH])cccc21.C[Si]1(C)c2cc(C#N)cnc2-c2c([O][AlH])ccnc21.C[Si]1(C)c2cc(F)cnc2-c2c([O][AlH])ccnc21.Cc1cnc2c(c1)[Si](C)(C)c1cccc([O][AlH])c1-2. The van der Waals surface area contributed by atoms with Crippen LogP contribution in [0.2, 0.25) is 65.5 Å². The molecule has 11 aromatic rings. The number of nitrogens with zero attached hydrogens (tertiary/aromatic N) is 8. The Kier molecular flexibility index (Phi) is 19.8. The summed E-state index contributed by atoms with van der Waals surface area (Å²) in [4.78, 5) is 31.9. The predicted molar refractivity (Wildman–Crippen MR) is 408 cm³/mol. The molecule has 5 aliphatic heterocycles. The molecule has 0 aliphatic carbocycles. The Labute approximate surface area is 613 Å². The van der Waals surface area contributed by atoms with Crippen LogP contribution < -0.4 is 75.8 Å². The summed E-state index contributed by atoms with van der Waals surface area (Å²) in [7, 11) is -7.18. The topological polar surface area (TPSA) is 169 Å². The van der Waals surface area contributed by atoms with Crippen molar-refractivity contribution in [3.05, 3.63) is 188 Å². The molecule has 4 aromatic carbocycles. The molecule has 14 nitrogen and oxygen atoms in total. The van der Waals surface area contributed by atoms with Gasteiger partial charge < -0.3 is 23.7 Å². The fourth-order valence-electron chi connectivity index (χ4n) is 14.2. The van der Waals surface area contributed by atoms with Crippen molar-refractivity contribution in [1.29, 1.82) is 5.26 Å². The molecule has 0 atom stereocenters. The largest absolute Gasteiger partial charge is 0.650 e. The zero-order valence-electron chi connectivity index (χ0n) is 56.6. The Bertz CT molecular complexity index is 4870. The van der Waals surface area contributed by atoms with E-state index in [9.17, 15) is 4.39 Å². The monoisotopic (exact) mass is 1440 g/mol. The van der Waals surface area contributed by atoms with Crippen LogP contribution >= 0.6 is 0 Å². The highest BCUT2D eigenvalue weighted by molar-refractivity contribution is 7.06. The molecule has 0 saturated heterocycles. The number of pyridine rings is 7. The minimum Gasteiger partial charge on any atom is -0.650 e. The van der Waals surface area contributed by atoms with E-state index >= 15 is 0 Å². The molecular weight excluding hydrogens is 1370 g/mol. The smallest absolute Gasteiger partial charge is 0.494 e. The molecule has 16 rings (SSSR count). The molecule has 97 heavy (non-hydrogen) atoms. The van der Waals surface area contributed by atoms with Crippen LogP contribution in [0.1, 0.15) is 11.1 Å². The third-order valence-electron chi connectivity index (χ3n) is 19.4. The van der Waals surface area contributed by atoms with Gasteiger partial charge in [-0.05, 0) is 114 Å². The van der Waals surface area contributed by atoms with Crippen molar-refractivity contribution in [3.8, 4) is 108 Å². The minimum absolute atomic E-state index is 0.289. The normalized spacial score (nSPS) is 14.6. The Morgan fingerprint density at radius 2 is 0.763 bits per heavy atom. The third kappa shape index (κ3) is 12.3. The van der Waals surface area contributed by atoms with E-state index in [-0.39, 0.29) is 5.82 Å². The van der Waals surface area contributed by atoms with Crippen LogP contribution in [0.4, 0.5) is 4.39 Å². The molecule has 0 fully saturated rings. The van der Waals surface area contributed by atoms with Gasteiger partial charge in [-0.1, -0.05) is 144 Å². The maximum absolute atomic E-state index is 13.4. The summed E-state index contributed by atoms with van der Waals surface area (Å²) in [5, 5.41) is 21.8. The lowest BCUT2D eigenvalue weighted by Gasteiger charge is -2.19. The Hall–Kier alpha value is -7.10. The summed E-state index contributed by atoms with van der Waals surface area (Å²) in [6, 6.07) is 45.7. The number of hydrogen-bond acceptors (Lipinski definition) is 14. The highest BCUT2D eigenvalue weighted by atomic mass is 28.3. The van der Waals surface area contributed by atoms with Gasteiger partial charge in [-0.25, -0.2) is 4.39 Å². The molecule has 0 unspecified atom stereocenters. The van der Waals surface area contributed by atoms with Crippen LogP contribution in [0, 0.1) is 24.1 Å². The number of aromatic nitrogens is 7. The number of methoxy groups -OCH3 is 1. The van der Waals surface area contributed by atoms with Gasteiger partial charge in [0.25, 0.3) is 0 Å². The van der Waals surface area contributed by atoms with E-state index < -0.39 is 40.4 Å². The molecule has 7 aromatic heterocycles. The van der Waals surface area contributed by atoms with E-state index in [2.05, 4.69) is 187 Å². The van der Waals surface area contributed by atoms with Crippen molar-refractivity contribution in [1.82, 2.24) is 34.9 Å². The molecule has 0 N–H and O–H groups in total. The maximum atomic E-state index is 13.4. The average molecular weight is 1440 g/mol. The van der Waals surface area contributed by atoms with Gasteiger partial charge in [0, 0.05) is 58.3 Å². The first-order valence-electron chi connectivity index (χ1n) is 31.6. The van der Waals surface area contributed by atoms with Crippen LogP contribution in [0.25, 0.3) is 67.4 Å². The molecule has 25 heteroatoms. The first-order chi connectivity index (χ1) is 46.4. The van der Waals surface area contributed by atoms with Crippen LogP contribution in [0.3, 0.4) is 0 Å². The minimum atomic E-state index is -1.95. The summed E-state index contributed by atoms with van der Waals surface area (Å²) in [6.45, 7) is 25.2. The number of nitriles is 1. The van der Waals surface area contributed by atoms with E-state index in [0.29, 0.717) is 5.56 Å². The van der Waals surface area contributed by atoms with E-state index in [1.807, 2.05) is 54.9 Å². The molecule has 0 spiro atoms. The molecular formula is C72H69Al5FN8O6Si5. The van der Waals surface area contributed by atoms with E-state index in [1.54, 1.807) is 38.0 Å². The Morgan fingerprint density at radius 3 is 1.23 bits per heavy atom. The summed E-state index contributed by atoms with van der Waals surface area (Å²) < 4.78 is 46.3. The van der Waals surface area contributed by atoms with Crippen LogP contribution in [0.15, 0.2) is 171 Å². The fraction of sp³-hybridized carbons (Fsp3) is 0.167. The van der Waals surface area contributed by atoms with Crippen molar-refractivity contribution in [2.75, 3.05) is 7.11 Å². The molecule has 0 bridgehead atoms. The van der Waals surface area contributed by atoms with Crippen molar-refractivity contribution in [3.63, 3.8) is 0 Å². The number of rotatable bonds is 7. The Balaban J connectivity index is 0.000000116. The first kappa shape index (κ1) is 69.8. The number of fused-ring (bicyclic) bond motifs is 15. The highest BCUT2D eigenvalue weighted by Crippen LogP contribution is 2.39. The Morgan fingerprint density at radius 1 is 0.371 bits per heavy atom. The first-order valence-corrected chi connectivity index (χ1v) is 49.5. The van der Waals surface area contributed by atoms with Gasteiger partial charge in [0.2, 0.25) is 0 Å². The maximum Gasteiger partial charge on any atom is 0.494 e. The van der Waals surface area contributed by atoms with Gasteiger partial charge in [-0.15, -0.1) is 0 Å². The zero-order chi connectivity index (χ0) is 69.1. The van der Waals surface area contributed by atoms with Gasteiger partial charge in [0.05, 0.1) is 93.4 Å². The average Bonchev–Trinajstić information content (AvgIpc) is 1.62. The summed E-state index contributed by atoms with van der Waals surface area (Å²) in [6.07, 6.45) is 12.1. The van der Waals surface area contributed by atoms with Crippen molar-refractivity contribution < 1.29 is 28.1 Å². The van der Waals surface area contributed by atoms with E-state index in [0.717, 1.165) is 89.9 Å². The van der Waals surface area contributed by atoms with Gasteiger partial charge >= 0.3 is 83.1 Å². The molecule has 5 aliphatic rings. The van der Waals surface area contributed by atoms with Gasteiger partial charge in [-0.2, -0.15) is 5.26 Å². The zero-order valence-corrected chi connectivity index (χ0v) is 68.7. The lowest BCUT2D eigenvalue weighted by atomic mass is 10.1. The number of halogens is 1. The second kappa shape index (κ2) is 27.5. The fourth-order valence-corrected chi connectivity index (χ4v) is 30.0. The number of aryl methyl sites for hydroxylation is 1. The molecule has 475 valence electrons. The third-order valence-corrected chi connectivity index (χ3v) is 38.0. The predicted octanol–water partition coefficient (Wildman–Crippen LogP) is 6.18. The van der Waals surface area contributed by atoms with Crippen molar-refractivity contribution >= 4 is 176 Å². The number of hydrogen-bond donors (Lipinski definition) is 0. The molecule has 12 heterocycles. The van der Waals surface area contributed by atoms with Crippen LogP contribution in [0.5, 0.6) is 34.5 Å². The van der Waals surface area contributed by atoms with E-state index in [4.69, 9.17) is 33.9 Å². The number of ether oxygens (including phenoxy) is 1. The van der Waals surface area contributed by atoms with E-state index in [1.165, 1.54) is 159 Å². The summed E-state index contributed by atoms with van der Waals surface area (Å²) in [5.41, 5.74) is 14.9. The van der Waals surface area contributed by atoms with Crippen molar-refractivity contribution in [2.45, 2.75) is 72.4 Å². The molecule has 0 saturated carbocycles. The van der Waals surface area contributed by atoms with Gasteiger partial charge in [0.1, 0.15) is 58.0 Å². The lowest BCUT2D eigenvalue weighted by molar-refractivity contribution is 0.413. The summed E-state index contributed by atoms with van der Waals surface area (Å²) in [5.74, 6) is 4.96. The van der Waals surface area contributed by atoms with Crippen molar-refractivity contribution in [2.24, 2.45) is 0 Å². The standard InChI is InChI=1S/C19H17NOSi.C14H15NO2Si.C14H15NOSi.C13H11N3OSi.C12H11FN2OSi.5Al.5H/c1-22(2)16-10-6-9-15(21)18(16)19-17(22)11-14(12-20-19)13-7-4-3-5-8-13;1-17-9-7-12-14(15-8-9)13-10(16)5-4-6-11(13)18(12,2)3;1-9-7-12-14(15-8-9)13-10(16)5-4-6-11(13)17(12,2)3;1-18(2)10-5-8(6-14)7-16-12(10)11-9(17)3-4-15-13(11)18;1-17(2)9-5-7(13)6-15-11(9)10-8(16)3-4-14-12(10)17;;;;;;;;;;/h3-12,21H,1-2H3;4-8,16H,1-3H3;4-8,16H,1-3H3;3-5,7H,1-2H3,(H,15,17);3-6H,1-2H3,(H,14,16);;;;;;;;;;/q;;;;;5*+1;;;;;/p-5. The number of benzene rings is 4. The molecule has 5 radical (unpaired) electrons.